The molecule has 0 spiro atoms. The van der Waals surface area contributed by atoms with Gasteiger partial charge in [-0.2, -0.15) is 5.26 Å². The van der Waals surface area contributed by atoms with Gasteiger partial charge in [-0.05, 0) is 49.7 Å². The lowest BCUT2D eigenvalue weighted by Crippen LogP contribution is -2.30. The molecule has 29 heavy (non-hydrogen) atoms. The second kappa shape index (κ2) is 8.76. The maximum absolute atomic E-state index is 12.5. The van der Waals surface area contributed by atoms with Crippen molar-refractivity contribution in [1.29, 1.82) is 5.26 Å². The van der Waals surface area contributed by atoms with Crippen molar-refractivity contribution >= 4 is 40.8 Å². The van der Waals surface area contributed by atoms with Crippen LogP contribution >= 0.6 is 11.6 Å². The second-order valence-corrected chi connectivity index (χ2v) is 6.95. The first-order chi connectivity index (χ1) is 13.9. The molecule has 1 N–H and O–H groups in total. The number of nitriles is 1. The third-order valence-electron chi connectivity index (χ3n) is 4.46. The molecule has 0 bridgehead atoms. The number of carbonyl (C=O) groups is 3. The van der Waals surface area contributed by atoms with Crippen molar-refractivity contribution in [1.82, 2.24) is 0 Å². The molecular formula is C21H18ClN3O4. The summed E-state index contributed by atoms with van der Waals surface area (Å²) in [7, 11) is 0. The van der Waals surface area contributed by atoms with Gasteiger partial charge < -0.3 is 15.0 Å². The van der Waals surface area contributed by atoms with Crippen LogP contribution in [0.4, 0.5) is 11.4 Å². The zero-order chi connectivity index (χ0) is 21.0. The van der Waals surface area contributed by atoms with E-state index < -0.39 is 18.0 Å². The van der Waals surface area contributed by atoms with E-state index in [2.05, 4.69) is 5.32 Å². The van der Waals surface area contributed by atoms with Gasteiger partial charge in [-0.3, -0.25) is 9.59 Å². The van der Waals surface area contributed by atoms with Crippen molar-refractivity contribution in [2.45, 2.75) is 25.9 Å². The van der Waals surface area contributed by atoms with Gasteiger partial charge in [-0.1, -0.05) is 17.7 Å². The fourth-order valence-corrected chi connectivity index (χ4v) is 3.16. The smallest absolute Gasteiger partial charge is 0.338 e. The summed E-state index contributed by atoms with van der Waals surface area (Å²) in [5, 5.41) is 11.9. The van der Waals surface area contributed by atoms with E-state index in [0.717, 1.165) is 6.42 Å². The lowest BCUT2D eigenvalue weighted by molar-refractivity contribution is -0.123. The maximum Gasteiger partial charge on any atom is 0.338 e. The van der Waals surface area contributed by atoms with E-state index in [9.17, 15) is 14.4 Å². The van der Waals surface area contributed by atoms with Crippen molar-refractivity contribution < 1.29 is 19.1 Å². The second-order valence-electron chi connectivity index (χ2n) is 6.54. The molecule has 0 saturated carbocycles. The number of anilines is 2. The monoisotopic (exact) mass is 411 g/mol. The number of esters is 1. The number of ether oxygens (including phenoxy) is 1. The highest BCUT2D eigenvalue weighted by Gasteiger charge is 2.25. The normalized spacial score (nSPS) is 14.2. The molecule has 1 aliphatic rings. The molecule has 2 aromatic rings. The minimum atomic E-state index is -1.07. The maximum atomic E-state index is 12.5. The van der Waals surface area contributed by atoms with Crippen molar-refractivity contribution in [3.05, 3.63) is 58.6 Å². The van der Waals surface area contributed by atoms with Gasteiger partial charge in [0.2, 0.25) is 5.91 Å². The minimum absolute atomic E-state index is 0.0511. The molecule has 1 aliphatic heterocycles. The van der Waals surface area contributed by atoms with Crippen LogP contribution in [0.25, 0.3) is 0 Å². The Morgan fingerprint density at radius 1 is 1.28 bits per heavy atom. The summed E-state index contributed by atoms with van der Waals surface area (Å²) in [6.07, 6.45) is 0.101. The number of rotatable bonds is 5. The fraction of sp³-hybridized carbons (Fsp3) is 0.238. The topological polar surface area (TPSA) is 99.5 Å². The van der Waals surface area contributed by atoms with Crippen LogP contribution in [0.1, 0.15) is 35.7 Å². The van der Waals surface area contributed by atoms with Crippen molar-refractivity contribution in [2.75, 3.05) is 16.8 Å². The van der Waals surface area contributed by atoms with Crippen LogP contribution in [0.5, 0.6) is 0 Å². The third kappa shape index (κ3) is 4.73. The predicted octanol–water partition coefficient (Wildman–Crippen LogP) is 3.52. The molecule has 0 aromatic heterocycles. The van der Waals surface area contributed by atoms with E-state index >= 15 is 0 Å². The highest BCUT2D eigenvalue weighted by Crippen LogP contribution is 2.30. The third-order valence-corrected chi connectivity index (χ3v) is 4.78. The quantitative estimate of drug-likeness (QED) is 0.759. The Bertz CT molecular complexity index is 1020. The summed E-state index contributed by atoms with van der Waals surface area (Å²) in [6.45, 7) is 1.99. The Hall–Kier alpha value is -3.37. The number of nitrogens with one attached hydrogen (secondary N) is 1. The van der Waals surface area contributed by atoms with Crippen LogP contribution in [0.3, 0.4) is 0 Å². The molecule has 2 amide bonds. The van der Waals surface area contributed by atoms with Gasteiger partial charge in [0.05, 0.1) is 27.9 Å². The van der Waals surface area contributed by atoms with Gasteiger partial charge in [0.15, 0.2) is 6.10 Å². The SMILES string of the molecule is C[C@H](OC(=O)c1ccc(Cl)c(N2CCCC2=O)c1)C(=O)Nc1cccc(C#N)c1. The fourth-order valence-electron chi connectivity index (χ4n) is 2.94. The van der Waals surface area contributed by atoms with Gasteiger partial charge in [0.25, 0.3) is 5.91 Å². The minimum Gasteiger partial charge on any atom is -0.449 e. The summed E-state index contributed by atoms with van der Waals surface area (Å²) in [6, 6.07) is 12.9. The van der Waals surface area contributed by atoms with Crippen molar-refractivity contribution in [3.63, 3.8) is 0 Å². The van der Waals surface area contributed by atoms with Gasteiger partial charge in [-0.15, -0.1) is 0 Å². The predicted molar refractivity (Wildman–Crippen MR) is 108 cm³/mol. The molecular weight excluding hydrogens is 394 g/mol. The number of amides is 2. The molecule has 1 heterocycles. The average Bonchev–Trinajstić information content (AvgIpc) is 3.14. The highest BCUT2D eigenvalue weighted by atomic mass is 35.5. The van der Waals surface area contributed by atoms with E-state index in [4.69, 9.17) is 21.6 Å². The van der Waals surface area contributed by atoms with Crippen molar-refractivity contribution in [3.8, 4) is 6.07 Å². The van der Waals surface area contributed by atoms with Crippen LogP contribution in [0, 0.1) is 11.3 Å². The standard InChI is InChI=1S/C21H18ClN3O4/c1-13(20(27)24-16-5-2-4-14(10-16)12-23)29-21(28)15-7-8-17(22)18(11-15)25-9-3-6-19(25)26/h2,4-5,7-8,10-11,13H,3,6,9H2,1H3,(H,24,27)/t13-/m0/s1. The Balaban J connectivity index is 1.68. The largest absolute Gasteiger partial charge is 0.449 e. The Kier molecular flexibility index (Phi) is 6.15. The molecule has 1 atom stereocenters. The number of nitrogens with zero attached hydrogens (tertiary/aromatic N) is 2. The average molecular weight is 412 g/mol. The highest BCUT2D eigenvalue weighted by molar-refractivity contribution is 6.34. The summed E-state index contributed by atoms with van der Waals surface area (Å²) >= 11 is 6.18. The van der Waals surface area contributed by atoms with E-state index in [0.29, 0.717) is 34.9 Å². The molecule has 1 fully saturated rings. The lowest BCUT2D eigenvalue weighted by atomic mass is 10.2. The van der Waals surface area contributed by atoms with Crippen LogP contribution in [0.15, 0.2) is 42.5 Å². The molecule has 148 valence electrons. The summed E-state index contributed by atoms with van der Waals surface area (Å²) < 4.78 is 5.25. The van der Waals surface area contributed by atoms with E-state index in [1.54, 1.807) is 18.2 Å². The molecule has 7 nitrogen and oxygen atoms in total. The molecule has 1 saturated heterocycles. The Morgan fingerprint density at radius 3 is 2.76 bits per heavy atom. The van der Waals surface area contributed by atoms with Gasteiger partial charge in [-0.25, -0.2) is 4.79 Å². The van der Waals surface area contributed by atoms with E-state index in [-0.39, 0.29) is 11.5 Å². The van der Waals surface area contributed by atoms with Crippen LogP contribution in [0.2, 0.25) is 5.02 Å². The van der Waals surface area contributed by atoms with Crippen molar-refractivity contribution in [2.24, 2.45) is 0 Å². The van der Waals surface area contributed by atoms with Crippen LogP contribution in [-0.2, 0) is 14.3 Å². The first kappa shape index (κ1) is 20.4. The molecule has 0 unspecified atom stereocenters. The number of hydrogen-bond donors (Lipinski definition) is 1. The summed E-state index contributed by atoms with van der Waals surface area (Å²) in [4.78, 5) is 38.3. The van der Waals surface area contributed by atoms with E-state index in [1.807, 2.05) is 6.07 Å². The van der Waals surface area contributed by atoms with E-state index in [1.165, 1.54) is 36.1 Å². The number of benzene rings is 2. The summed E-state index contributed by atoms with van der Waals surface area (Å²) in [5.41, 5.74) is 1.47. The first-order valence-corrected chi connectivity index (χ1v) is 9.39. The lowest BCUT2D eigenvalue weighted by Gasteiger charge is -2.19. The number of carbonyl (C=O) groups excluding carboxylic acids is 3. The van der Waals surface area contributed by atoms with Crippen LogP contribution < -0.4 is 10.2 Å². The Morgan fingerprint density at radius 2 is 2.07 bits per heavy atom. The van der Waals surface area contributed by atoms with Gasteiger partial charge in [0, 0.05) is 18.7 Å². The zero-order valence-electron chi connectivity index (χ0n) is 15.6. The zero-order valence-corrected chi connectivity index (χ0v) is 16.4. The Labute approximate surface area is 172 Å². The summed E-state index contributed by atoms with van der Waals surface area (Å²) in [5.74, 6) is -1.29. The van der Waals surface area contributed by atoms with Gasteiger partial charge in [0.1, 0.15) is 0 Å². The molecule has 8 heteroatoms. The first-order valence-electron chi connectivity index (χ1n) is 9.01. The van der Waals surface area contributed by atoms with Gasteiger partial charge >= 0.3 is 5.97 Å². The number of hydrogen-bond acceptors (Lipinski definition) is 5. The molecule has 0 aliphatic carbocycles. The molecule has 3 rings (SSSR count). The molecule has 2 aromatic carbocycles. The van der Waals surface area contributed by atoms with Crippen LogP contribution in [-0.4, -0.2) is 30.4 Å². The molecule has 0 radical (unpaired) electrons. The number of halogens is 1.